The fraction of sp³-hybridized carbons (Fsp3) is 0.167. The Bertz CT molecular complexity index is 1070. The quantitative estimate of drug-likeness (QED) is 0.696. The van der Waals surface area contributed by atoms with Crippen molar-refractivity contribution in [3.63, 3.8) is 0 Å². The van der Waals surface area contributed by atoms with Gasteiger partial charge in [0.05, 0.1) is 4.90 Å². The minimum atomic E-state index is -3.81. The number of carbonyl (C=O) groups excluding carboxylic acids is 1. The monoisotopic (exact) mass is 386 g/mol. The van der Waals surface area contributed by atoms with Crippen LogP contribution in [0.2, 0.25) is 0 Å². The lowest BCUT2D eigenvalue weighted by atomic mass is 10.3. The normalized spacial score (nSPS) is 11.2. The Morgan fingerprint density at radius 3 is 2.30 bits per heavy atom. The summed E-state index contributed by atoms with van der Waals surface area (Å²) < 4.78 is 32.7. The van der Waals surface area contributed by atoms with Crippen LogP contribution in [0.1, 0.15) is 27.8 Å². The van der Waals surface area contributed by atoms with Crippen LogP contribution in [0.15, 0.2) is 51.8 Å². The summed E-state index contributed by atoms with van der Waals surface area (Å²) in [4.78, 5) is 20.3. The lowest BCUT2D eigenvalue weighted by molar-refractivity contribution is 0.0995. The molecule has 2 N–H and O–H groups in total. The van der Waals surface area contributed by atoms with Crippen molar-refractivity contribution in [2.75, 3.05) is 10.0 Å². The van der Waals surface area contributed by atoms with E-state index in [9.17, 15) is 13.2 Å². The highest BCUT2D eigenvalue weighted by Crippen LogP contribution is 2.18. The Morgan fingerprint density at radius 1 is 1.00 bits per heavy atom. The molecule has 0 unspecified atom stereocenters. The molecule has 1 amide bonds. The van der Waals surface area contributed by atoms with Gasteiger partial charge in [-0.3, -0.25) is 9.52 Å². The molecule has 2 aromatic heterocycles. The third-order valence-corrected chi connectivity index (χ3v) is 4.96. The number of amides is 1. The molecule has 3 rings (SSSR count). The van der Waals surface area contributed by atoms with E-state index in [0.717, 1.165) is 0 Å². The Kier molecular flexibility index (Phi) is 4.95. The van der Waals surface area contributed by atoms with E-state index in [1.165, 1.54) is 24.3 Å². The number of benzene rings is 1. The predicted octanol–water partition coefficient (Wildman–Crippen LogP) is 3.05. The SMILES string of the molecule is Cc1cc(NS(=O)(=O)c2ccc(NC(=O)c3ccc(C)o3)cc2)nc(C)n1. The highest BCUT2D eigenvalue weighted by Gasteiger charge is 2.16. The molecule has 0 radical (unpaired) electrons. The summed E-state index contributed by atoms with van der Waals surface area (Å²) in [6, 6.07) is 10.6. The summed E-state index contributed by atoms with van der Waals surface area (Å²) in [5.74, 6) is 1.07. The fourth-order valence-electron chi connectivity index (χ4n) is 2.43. The molecule has 0 saturated carbocycles. The highest BCUT2D eigenvalue weighted by molar-refractivity contribution is 7.92. The minimum absolute atomic E-state index is 0.0447. The molecule has 0 spiro atoms. The molecule has 0 saturated heterocycles. The first-order chi connectivity index (χ1) is 12.7. The zero-order valence-corrected chi connectivity index (χ0v) is 15.8. The maximum Gasteiger partial charge on any atom is 0.291 e. The Labute approximate surface area is 156 Å². The molecule has 0 fully saturated rings. The summed E-state index contributed by atoms with van der Waals surface area (Å²) >= 11 is 0. The second-order valence-electron chi connectivity index (χ2n) is 5.94. The third kappa shape index (κ3) is 4.50. The lowest BCUT2D eigenvalue weighted by Crippen LogP contribution is -2.15. The maximum absolute atomic E-state index is 12.5. The molecule has 0 aliphatic rings. The lowest BCUT2D eigenvalue weighted by Gasteiger charge is -2.09. The number of hydrogen-bond acceptors (Lipinski definition) is 6. The molecule has 27 heavy (non-hydrogen) atoms. The average molecular weight is 386 g/mol. The first kappa shape index (κ1) is 18.6. The number of aromatic nitrogens is 2. The molecule has 3 aromatic rings. The van der Waals surface area contributed by atoms with Crippen molar-refractivity contribution in [1.82, 2.24) is 9.97 Å². The summed E-state index contributed by atoms with van der Waals surface area (Å²) in [7, 11) is -3.81. The van der Waals surface area contributed by atoms with Crippen LogP contribution >= 0.6 is 0 Å². The van der Waals surface area contributed by atoms with Crippen LogP contribution < -0.4 is 10.0 Å². The van der Waals surface area contributed by atoms with Crippen molar-refractivity contribution >= 4 is 27.4 Å². The van der Waals surface area contributed by atoms with Gasteiger partial charge in [0.2, 0.25) is 0 Å². The number of nitrogens with one attached hydrogen (secondary N) is 2. The van der Waals surface area contributed by atoms with Crippen LogP contribution in [0.4, 0.5) is 11.5 Å². The molecule has 0 aliphatic carbocycles. The van der Waals surface area contributed by atoms with E-state index in [1.807, 2.05) is 0 Å². The van der Waals surface area contributed by atoms with Crippen LogP contribution in [-0.4, -0.2) is 24.3 Å². The topological polar surface area (TPSA) is 114 Å². The van der Waals surface area contributed by atoms with E-state index < -0.39 is 15.9 Å². The second kappa shape index (κ2) is 7.20. The molecule has 0 aliphatic heterocycles. The maximum atomic E-state index is 12.5. The predicted molar refractivity (Wildman–Crippen MR) is 100 cm³/mol. The van der Waals surface area contributed by atoms with Crippen molar-refractivity contribution in [3.05, 3.63) is 65.5 Å². The van der Waals surface area contributed by atoms with E-state index >= 15 is 0 Å². The highest BCUT2D eigenvalue weighted by atomic mass is 32.2. The standard InChI is InChI=1S/C18H18N4O4S/c1-11-10-17(20-13(3)19-11)22-27(24,25)15-7-5-14(6-8-15)21-18(23)16-9-4-12(2)26-16/h4-10H,1-3H3,(H,21,23)(H,19,20,22). The number of rotatable bonds is 5. The third-order valence-electron chi connectivity index (χ3n) is 3.59. The van der Waals surface area contributed by atoms with Gasteiger partial charge in [0, 0.05) is 17.4 Å². The summed E-state index contributed by atoms with van der Waals surface area (Å²) in [5.41, 5.74) is 1.10. The Balaban J connectivity index is 1.74. The average Bonchev–Trinajstić information content (AvgIpc) is 3.00. The number of furan rings is 1. The number of carbonyl (C=O) groups is 1. The van der Waals surface area contributed by atoms with Gasteiger partial charge in [-0.2, -0.15) is 0 Å². The van der Waals surface area contributed by atoms with E-state index in [0.29, 0.717) is 23.0 Å². The smallest absolute Gasteiger partial charge is 0.291 e. The second-order valence-corrected chi connectivity index (χ2v) is 7.62. The van der Waals surface area contributed by atoms with Gasteiger partial charge in [-0.1, -0.05) is 0 Å². The van der Waals surface area contributed by atoms with Gasteiger partial charge in [-0.25, -0.2) is 18.4 Å². The van der Waals surface area contributed by atoms with Gasteiger partial charge in [0.15, 0.2) is 5.76 Å². The van der Waals surface area contributed by atoms with Crippen LogP contribution in [0.5, 0.6) is 0 Å². The van der Waals surface area contributed by atoms with Gasteiger partial charge >= 0.3 is 0 Å². The largest absolute Gasteiger partial charge is 0.456 e. The molecule has 140 valence electrons. The van der Waals surface area contributed by atoms with Crippen molar-refractivity contribution in [2.24, 2.45) is 0 Å². The minimum Gasteiger partial charge on any atom is -0.456 e. The number of sulfonamides is 1. The van der Waals surface area contributed by atoms with Crippen molar-refractivity contribution in [3.8, 4) is 0 Å². The molecule has 0 bridgehead atoms. The van der Waals surface area contributed by atoms with E-state index in [4.69, 9.17) is 4.42 Å². The van der Waals surface area contributed by atoms with E-state index in [2.05, 4.69) is 20.0 Å². The summed E-state index contributed by atoms with van der Waals surface area (Å²) in [5, 5.41) is 2.65. The number of nitrogens with zero attached hydrogens (tertiary/aromatic N) is 2. The molecule has 0 atom stereocenters. The first-order valence-corrected chi connectivity index (χ1v) is 9.54. The molecule has 2 heterocycles. The zero-order valence-electron chi connectivity index (χ0n) is 15.0. The van der Waals surface area contributed by atoms with Gasteiger partial charge in [-0.05, 0) is 57.2 Å². The molecular weight excluding hydrogens is 368 g/mol. The Morgan fingerprint density at radius 2 is 1.70 bits per heavy atom. The molecule has 1 aromatic carbocycles. The van der Waals surface area contributed by atoms with Crippen LogP contribution in [0.25, 0.3) is 0 Å². The van der Waals surface area contributed by atoms with Gasteiger partial charge in [0.25, 0.3) is 15.9 Å². The van der Waals surface area contributed by atoms with E-state index in [1.54, 1.807) is 39.0 Å². The number of anilines is 2. The molecular formula is C18H18N4O4S. The molecule has 8 nitrogen and oxygen atoms in total. The summed E-state index contributed by atoms with van der Waals surface area (Å²) in [6.07, 6.45) is 0. The number of aryl methyl sites for hydroxylation is 3. The van der Waals surface area contributed by atoms with Gasteiger partial charge in [-0.15, -0.1) is 0 Å². The van der Waals surface area contributed by atoms with Gasteiger partial charge < -0.3 is 9.73 Å². The van der Waals surface area contributed by atoms with Crippen molar-refractivity contribution < 1.29 is 17.6 Å². The fourth-order valence-corrected chi connectivity index (χ4v) is 3.42. The van der Waals surface area contributed by atoms with Crippen molar-refractivity contribution in [2.45, 2.75) is 25.7 Å². The van der Waals surface area contributed by atoms with Crippen LogP contribution in [0, 0.1) is 20.8 Å². The van der Waals surface area contributed by atoms with Gasteiger partial charge in [0.1, 0.15) is 17.4 Å². The van der Waals surface area contributed by atoms with Crippen LogP contribution in [0.3, 0.4) is 0 Å². The zero-order chi connectivity index (χ0) is 19.6. The van der Waals surface area contributed by atoms with Crippen molar-refractivity contribution in [1.29, 1.82) is 0 Å². The van der Waals surface area contributed by atoms with E-state index in [-0.39, 0.29) is 16.5 Å². The summed E-state index contributed by atoms with van der Waals surface area (Å²) in [6.45, 7) is 5.18. The first-order valence-electron chi connectivity index (χ1n) is 8.06. The molecule has 9 heteroatoms. The number of hydrogen-bond donors (Lipinski definition) is 2. The van der Waals surface area contributed by atoms with Crippen LogP contribution in [-0.2, 0) is 10.0 Å². The Hall–Kier alpha value is -3.20.